The van der Waals surface area contributed by atoms with Gasteiger partial charge < -0.3 is 5.73 Å². The predicted octanol–water partition coefficient (Wildman–Crippen LogP) is 1.26. The minimum Gasteiger partial charge on any atom is -0.398 e. The Kier molecular flexibility index (Phi) is 3.01. The monoisotopic (exact) mass is 224 g/mol. The van der Waals surface area contributed by atoms with E-state index in [4.69, 9.17) is 11.0 Å². The Morgan fingerprint density at radius 1 is 1.47 bits per heavy atom. The molecule has 0 aliphatic carbocycles. The van der Waals surface area contributed by atoms with Gasteiger partial charge >= 0.3 is 0 Å². The molecule has 0 saturated heterocycles. The van der Waals surface area contributed by atoms with Crippen LogP contribution in [-0.2, 0) is 9.84 Å². The summed E-state index contributed by atoms with van der Waals surface area (Å²) in [5.74, 6) is 0. The maximum atomic E-state index is 11.8. The lowest BCUT2D eigenvalue weighted by molar-refractivity contribution is 0.592. The molecular formula is C10H12N2O2S. The lowest BCUT2D eigenvalue weighted by Crippen LogP contribution is -2.17. The molecule has 15 heavy (non-hydrogen) atoms. The number of sulfone groups is 1. The maximum Gasteiger partial charge on any atom is 0.196 e. The van der Waals surface area contributed by atoms with Crippen LogP contribution in [0, 0.1) is 18.3 Å². The fourth-order valence-electron chi connectivity index (χ4n) is 1.15. The molecule has 0 heterocycles. The molecule has 0 aliphatic heterocycles. The highest BCUT2D eigenvalue weighted by Gasteiger charge is 2.25. The Bertz CT molecular complexity index is 515. The number of nitriles is 1. The lowest BCUT2D eigenvalue weighted by Gasteiger charge is -2.09. The summed E-state index contributed by atoms with van der Waals surface area (Å²) in [6, 6.07) is 6.45. The van der Waals surface area contributed by atoms with Gasteiger partial charge in [-0.1, -0.05) is 6.07 Å². The fourth-order valence-corrected chi connectivity index (χ4v) is 2.41. The molecule has 1 unspecified atom stereocenters. The van der Waals surface area contributed by atoms with E-state index in [-0.39, 0.29) is 10.6 Å². The van der Waals surface area contributed by atoms with Crippen molar-refractivity contribution in [2.75, 3.05) is 5.73 Å². The zero-order valence-electron chi connectivity index (χ0n) is 8.56. The average Bonchev–Trinajstić information content (AvgIpc) is 2.20. The molecular weight excluding hydrogens is 212 g/mol. The van der Waals surface area contributed by atoms with Crippen molar-refractivity contribution in [1.29, 1.82) is 5.26 Å². The summed E-state index contributed by atoms with van der Waals surface area (Å²) in [4.78, 5) is 0.0385. The Morgan fingerprint density at radius 3 is 2.60 bits per heavy atom. The van der Waals surface area contributed by atoms with Gasteiger partial charge in [0.05, 0.1) is 16.7 Å². The maximum absolute atomic E-state index is 11.8. The molecule has 4 nitrogen and oxygen atoms in total. The van der Waals surface area contributed by atoms with Gasteiger partial charge in [0.25, 0.3) is 0 Å². The molecule has 1 atom stereocenters. The van der Waals surface area contributed by atoms with Crippen LogP contribution in [0.2, 0.25) is 0 Å². The van der Waals surface area contributed by atoms with Crippen LogP contribution in [0.5, 0.6) is 0 Å². The Hall–Kier alpha value is -1.54. The van der Waals surface area contributed by atoms with Gasteiger partial charge in [0.1, 0.15) is 5.25 Å². The largest absolute Gasteiger partial charge is 0.398 e. The minimum absolute atomic E-state index is 0.0385. The van der Waals surface area contributed by atoms with Crippen LogP contribution in [0.3, 0.4) is 0 Å². The SMILES string of the molecule is Cc1ccc(N)c(S(=O)(=O)C(C)C#N)c1. The molecule has 2 N–H and O–H groups in total. The smallest absolute Gasteiger partial charge is 0.196 e. The summed E-state index contributed by atoms with van der Waals surface area (Å²) in [6.07, 6.45) is 0. The number of rotatable bonds is 2. The van der Waals surface area contributed by atoms with E-state index >= 15 is 0 Å². The van der Waals surface area contributed by atoms with Gasteiger partial charge in [0.2, 0.25) is 0 Å². The molecule has 0 radical (unpaired) electrons. The third kappa shape index (κ3) is 2.10. The highest BCUT2D eigenvalue weighted by molar-refractivity contribution is 7.92. The molecule has 0 aliphatic rings. The number of hydrogen-bond acceptors (Lipinski definition) is 4. The second-order valence-corrected chi connectivity index (χ2v) is 5.59. The first-order valence-electron chi connectivity index (χ1n) is 4.39. The molecule has 0 fully saturated rings. The molecule has 1 rings (SSSR count). The highest BCUT2D eigenvalue weighted by Crippen LogP contribution is 2.23. The highest BCUT2D eigenvalue weighted by atomic mass is 32.2. The number of nitrogens with zero attached hydrogens (tertiary/aromatic N) is 1. The Balaban J connectivity index is 3.41. The number of aryl methyl sites for hydroxylation is 1. The predicted molar refractivity (Wildman–Crippen MR) is 57.9 cm³/mol. The topological polar surface area (TPSA) is 84.0 Å². The first kappa shape index (κ1) is 11.5. The van der Waals surface area contributed by atoms with Crippen LogP contribution in [0.1, 0.15) is 12.5 Å². The molecule has 0 aromatic heterocycles. The van der Waals surface area contributed by atoms with E-state index in [1.807, 2.05) is 0 Å². The summed E-state index contributed by atoms with van der Waals surface area (Å²) in [7, 11) is -3.63. The van der Waals surface area contributed by atoms with Gasteiger partial charge in [-0.05, 0) is 31.5 Å². The minimum atomic E-state index is -3.63. The van der Waals surface area contributed by atoms with Crippen molar-refractivity contribution in [1.82, 2.24) is 0 Å². The second kappa shape index (κ2) is 3.91. The van der Waals surface area contributed by atoms with Crippen LogP contribution in [0.4, 0.5) is 5.69 Å². The van der Waals surface area contributed by atoms with E-state index in [2.05, 4.69) is 0 Å². The van der Waals surface area contributed by atoms with Crippen LogP contribution in [0.25, 0.3) is 0 Å². The third-order valence-electron chi connectivity index (χ3n) is 2.12. The third-order valence-corrected chi connectivity index (χ3v) is 4.13. The molecule has 5 heteroatoms. The van der Waals surface area contributed by atoms with Crippen molar-refractivity contribution in [2.24, 2.45) is 0 Å². The van der Waals surface area contributed by atoms with Gasteiger partial charge in [0.15, 0.2) is 9.84 Å². The van der Waals surface area contributed by atoms with E-state index in [9.17, 15) is 8.42 Å². The van der Waals surface area contributed by atoms with Gasteiger partial charge in [-0.2, -0.15) is 5.26 Å². The zero-order chi connectivity index (χ0) is 11.6. The average molecular weight is 224 g/mol. The zero-order valence-corrected chi connectivity index (χ0v) is 9.38. The molecule has 0 bridgehead atoms. The van der Waals surface area contributed by atoms with E-state index in [0.29, 0.717) is 0 Å². The standard InChI is InChI=1S/C10H12N2O2S/c1-7-3-4-9(12)10(5-7)15(13,14)8(2)6-11/h3-5,8H,12H2,1-2H3. The molecule has 1 aromatic carbocycles. The van der Waals surface area contributed by atoms with Gasteiger partial charge in [0, 0.05) is 0 Å². The second-order valence-electron chi connectivity index (χ2n) is 3.36. The van der Waals surface area contributed by atoms with Crippen molar-refractivity contribution in [3.8, 4) is 6.07 Å². The molecule has 0 amide bonds. The van der Waals surface area contributed by atoms with Crippen molar-refractivity contribution in [2.45, 2.75) is 24.0 Å². The van der Waals surface area contributed by atoms with Crippen molar-refractivity contribution in [3.63, 3.8) is 0 Å². The number of anilines is 1. The number of nitrogen functional groups attached to an aromatic ring is 1. The van der Waals surface area contributed by atoms with Gasteiger partial charge in [-0.15, -0.1) is 0 Å². The first-order chi connectivity index (χ1) is 6.89. The van der Waals surface area contributed by atoms with Crippen LogP contribution >= 0.6 is 0 Å². The van der Waals surface area contributed by atoms with E-state index in [1.165, 1.54) is 19.1 Å². The van der Waals surface area contributed by atoms with E-state index in [1.54, 1.807) is 19.1 Å². The van der Waals surface area contributed by atoms with Crippen LogP contribution in [0.15, 0.2) is 23.1 Å². The molecule has 80 valence electrons. The summed E-state index contributed by atoms with van der Waals surface area (Å²) >= 11 is 0. The van der Waals surface area contributed by atoms with Gasteiger partial charge in [-0.3, -0.25) is 0 Å². The number of hydrogen-bond donors (Lipinski definition) is 1. The van der Waals surface area contributed by atoms with Gasteiger partial charge in [-0.25, -0.2) is 8.42 Å². The quantitative estimate of drug-likeness (QED) is 0.766. The Labute approximate surface area is 89.2 Å². The number of benzene rings is 1. The molecule has 0 spiro atoms. The summed E-state index contributed by atoms with van der Waals surface area (Å²) < 4.78 is 23.7. The van der Waals surface area contributed by atoms with Crippen molar-refractivity contribution >= 4 is 15.5 Å². The summed E-state index contributed by atoms with van der Waals surface area (Å²) in [5.41, 5.74) is 6.56. The molecule has 0 saturated carbocycles. The normalized spacial score (nSPS) is 13.1. The summed E-state index contributed by atoms with van der Waals surface area (Å²) in [6.45, 7) is 3.12. The van der Waals surface area contributed by atoms with Crippen molar-refractivity contribution < 1.29 is 8.42 Å². The number of nitrogens with two attached hydrogens (primary N) is 1. The fraction of sp³-hybridized carbons (Fsp3) is 0.300. The van der Waals surface area contributed by atoms with E-state index in [0.717, 1.165) is 5.56 Å². The molecule has 1 aromatic rings. The van der Waals surface area contributed by atoms with E-state index < -0.39 is 15.1 Å². The van der Waals surface area contributed by atoms with Crippen LogP contribution in [-0.4, -0.2) is 13.7 Å². The summed E-state index contributed by atoms with van der Waals surface area (Å²) in [5, 5.41) is 7.54. The van der Waals surface area contributed by atoms with Crippen LogP contribution < -0.4 is 5.73 Å². The lowest BCUT2D eigenvalue weighted by atomic mass is 10.2. The Morgan fingerprint density at radius 2 is 2.07 bits per heavy atom. The first-order valence-corrected chi connectivity index (χ1v) is 5.94. The van der Waals surface area contributed by atoms with Crippen molar-refractivity contribution in [3.05, 3.63) is 23.8 Å².